The third kappa shape index (κ3) is 2.46. The van der Waals surface area contributed by atoms with E-state index in [-0.39, 0.29) is 0 Å². The van der Waals surface area contributed by atoms with Crippen LogP contribution in [0, 0.1) is 5.41 Å². The minimum absolute atomic E-state index is 0.458. The number of nitrogens with one attached hydrogen (secondary N) is 1. The van der Waals surface area contributed by atoms with E-state index in [2.05, 4.69) is 55.2 Å². The molecule has 0 amide bonds. The van der Waals surface area contributed by atoms with Gasteiger partial charge in [0.1, 0.15) is 0 Å². The summed E-state index contributed by atoms with van der Waals surface area (Å²) in [4.78, 5) is 0. The van der Waals surface area contributed by atoms with E-state index >= 15 is 0 Å². The van der Waals surface area contributed by atoms with Crippen molar-refractivity contribution < 1.29 is 0 Å². The Morgan fingerprint density at radius 3 is 2.44 bits per heavy atom. The van der Waals surface area contributed by atoms with Gasteiger partial charge in [-0.2, -0.15) is 11.8 Å². The summed E-state index contributed by atoms with van der Waals surface area (Å²) < 4.78 is 0. The topological polar surface area (TPSA) is 12.0 Å². The van der Waals surface area contributed by atoms with E-state index in [4.69, 9.17) is 0 Å². The van der Waals surface area contributed by atoms with E-state index in [1.807, 2.05) is 0 Å². The van der Waals surface area contributed by atoms with Crippen molar-refractivity contribution in [2.45, 2.75) is 45.2 Å². The van der Waals surface area contributed by atoms with Crippen molar-refractivity contribution in [1.82, 2.24) is 5.32 Å². The van der Waals surface area contributed by atoms with Gasteiger partial charge in [0.25, 0.3) is 0 Å². The second kappa shape index (κ2) is 4.90. The van der Waals surface area contributed by atoms with E-state index in [1.54, 1.807) is 11.1 Å². The van der Waals surface area contributed by atoms with Gasteiger partial charge in [0.15, 0.2) is 0 Å². The SMILES string of the molecule is CC1(C)CCSCC1NC1Cc2ccccc2C1. The molecule has 1 heterocycles. The Morgan fingerprint density at radius 1 is 1.17 bits per heavy atom. The van der Waals surface area contributed by atoms with Crippen LogP contribution in [0.2, 0.25) is 0 Å². The first-order chi connectivity index (χ1) is 8.65. The number of hydrogen-bond acceptors (Lipinski definition) is 2. The second-order valence-corrected chi connectivity index (χ2v) is 7.56. The Balaban J connectivity index is 1.65. The predicted octanol–water partition coefficient (Wildman–Crippen LogP) is 3.28. The van der Waals surface area contributed by atoms with Gasteiger partial charge in [-0.25, -0.2) is 0 Å². The first-order valence-corrected chi connectivity index (χ1v) is 8.21. The van der Waals surface area contributed by atoms with Crippen molar-refractivity contribution in [3.63, 3.8) is 0 Å². The molecule has 1 aliphatic carbocycles. The van der Waals surface area contributed by atoms with Gasteiger partial charge in [-0.05, 0) is 41.6 Å². The molecule has 3 rings (SSSR count). The maximum absolute atomic E-state index is 3.93. The van der Waals surface area contributed by atoms with Gasteiger partial charge < -0.3 is 5.32 Å². The van der Waals surface area contributed by atoms with E-state index in [9.17, 15) is 0 Å². The zero-order valence-electron chi connectivity index (χ0n) is 11.4. The van der Waals surface area contributed by atoms with Crippen LogP contribution in [-0.4, -0.2) is 23.6 Å². The molecular formula is C16H23NS. The molecule has 1 fully saturated rings. The van der Waals surface area contributed by atoms with Crippen LogP contribution in [0.3, 0.4) is 0 Å². The van der Waals surface area contributed by atoms with Crippen molar-refractivity contribution >= 4 is 11.8 Å². The molecule has 1 nitrogen and oxygen atoms in total. The molecule has 98 valence electrons. The Morgan fingerprint density at radius 2 is 1.83 bits per heavy atom. The highest BCUT2D eigenvalue weighted by molar-refractivity contribution is 7.99. The van der Waals surface area contributed by atoms with Gasteiger partial charge in [0, 0.05) is 17.8 Å². The minimum atomic E-state index is 0.458. The molecule has 1 N–H and O–H groups in total. The van der Waals surface area contributed by atoms with Gasteiger partial charge in [-0.1, -0.05) is 38.1 Å². The summed E-state index contributed by atoms with van der Waals surface area (Å²) in [6.07, 6.45) is 3.77. The summed E-state index contributed by atoms with van der Waals surface area (Å²) in [5, 5.41) is 3.93. The molecule has 1 saturated heterocycles. The maximum Gasteiger partial charge on any atom is 0.0212 e. The molecule has 0 aromatic heterocycles. The molecule has 1 aromatic rings. The Bertz CT molecular complexity index is 402. The van der Waals surface area contributed by atoms with Crippen LogP contribution < -0.4 is 5.32 Å². The van der Waals surface area contributed by atoms with Crippen LogP contribution in [0.5, 0.6) is 0 Å². The summed E-state index contributed by atoms with van der Waals surface area (Å²) >= 11 is 2.11. The molecule has 0 bridgehead atoms. The second-order valence-electron chi connectivity index (χ2n) is 6.41. The average Bonchev–Trinajstić information content (AvgIpc) is 2.74. The smallest absolute Gasteiger partial charge is 0.0212 e. The molecule has 1 atom stereocenters. The first kappa shape index (κ1) is 12.6. The fourth-order valence-electron chi connectivity index (χ4n) is 3.17. The molecule has 18 heavy (non-hydrogen) atoms. The van der Waals surface area contributed by atoms with Gasteiger partial charge in [0.05, 0.1) is 0 Å². The fourth-order valence-corrected chi connectivity index (χ4v) is 4.79. The van der Waals surface area contributed by atoms with Crippen molar-refractivity contribution in [3.8, 4) is 0 Å². The van der Waals surface area contributed by atoms with Gasteiger partial charge >= 0.3 is 0 Å². The van der Waals surface area contributed by atoms with Crippen LogP contribution >= 0.6 is 11.8 Å². The number of fused-ring (bicyclic) bond motifs is 1. The summed E-state index contributed by atoms with van der Waals surface area (Å²) in [7, 11) is 0. The highest BCUT2D eigenvalue weighted by atomic mass is 32.2. The lowest BCUT2D eigenvalue weighted by Crippen LogP contribution is -2.50. The summed E-state index contributed by atoms with van der Waals surface area (Å²) in [5.41, 5.74) is 3.56. The molecule has 0 radical (unpaired) electrons. The molecule has 0 spiro atoms. The quantitative estimate of drug-likeness (QED) is 0.877. The molecular weight excluding hydrogens is 238 g/mol. The monoisotopic (exact) mass is 261 g/mol. The highest BCUT2D eigenvalue weighted by Gasteiger charge is 2.34. The summed E-state index contributed by atoms with van der Waals surface area (Å²) in [6.45, 7) is 4.85. The van der Waals surface area contributed by atoms with Crippen LogP contribution in [0.4, 0.5) is 0 Å². The van der Waals surface area contributed by atoms with Gasteiger partial charge in [-0.3, -0.25) is 0 Å². The number of hydrogen-bond donors (Lipinski definition) is 1. The Kier molecular flexibility index (Phi) is 3.42. The van der Waals surface area contributed by atoms with Crippen molar-refractivity contribution in [2.24, 2.45) is 5.41 Å². The third-order valence-corrected chi connectivity index (χ3v) is 5.67. The Labute approximate surface area is 115 Å². The van der Waals surface area contributed by atoms with Crippen LogP contribution in [0.15, 0.2) is 24.3 Å². The highest BCUT2D eigenvalue weighted by Crippen LogP contribution is 2.35. The van der Waals surface area contributed by atoms with E-state index in [0.29, 0.717) is 17.5 Å². The van der Waals surface area contributed by atoms with E-state index in [1.165, 1.54) is 30.8 Å². The van der Waals surface area contributed by atoms with Crippen LogP contribution in [0.25, 0.3) is 0 Å². The molecule has 1 aromatic carbocycles. The lowest BCUT2D eigenvalue weighted by atomic mass is 9.82. The number of thioether (sulfide) groups is 1. The van der Waals surface area contributed by atoms with E-state index in [0.717, 1.165) is 0 Å². The van der Waals surface area contributed by atoms with Crippen LogP contribution in [-0.2, 0) is 12.8 Å². The molecule has 1 unspecified atom stereocenters. The average molecular weight is 261 g/mol. The standard InChI is InChI=1S/C16H23NS/c1-16(2)7-8-18-11-15(16)17-14-9-12-5-3-4-6-13(12)10-14/h3-6,14-15,17H,7-11H2,1-2H3. The van der Waals surface area contributed by atoms with Gasteiger partial charge in [-0.15, -0.1) is 0 Å². The molecule has 1 aliphatic heterocycles. The zero-order chi connectivity index (χ0) is 12.6. The van der Waals surface area contributed by atoms with Crippen LogP contribution in [0.1, 0.15) is 31.4 Å². The minimum Gasteiger partial charge on any atom is -0.309 e. The number of benzene rings is 1. The summed E-state index contributed by atoms with van der Waals surface area (Å²) in [5.74, 6) is 2.61. The normalized spacial score (nSPS) is 27.1. The third-order valence-electron chi connectivity index (χ3n) is 4.61. The summed E-state index contributed by atoms with van der Waals surface area (Å²) in [6, 6.07) is 10.2. The molecule has 2 aliphatic rings. The first-order valence-electron chi connectivity index (χ1n) is 7.06. The lowest BCUT2D eigenvalue weighted by Gasteiger charge is -2.40. The molecule has 0 saturated carbocycles. The largest absolute Gasteiger partial charge is 0.309 e. The lowest BCUT2D eigenvalue weighted by molar-refractivity contribution is 0.229. The maximum atomic E-state index is 3.93. The fraction of sp³-hybridized carbons (Fsp3) is 0.625. The van der Waals surface area contributed by atoms with Crippen molar-refractivity contribution in [1.29, 1.82) is 0 Å². The predicted molar refractivity (Wildman–Crippen MR) is 80.3 cm³/mol. The van der Waals surface area contributed by atoms with Crippen molar-refractivity contribution in [2.75, 3.05) is 11.5 Å². The van der Waals surface area contributed by atoms with Gasteiger partial charge in [0.2, 0.25) is 0 Å². The Hall–Kier alpha value is -0.470. The zero-order valence-corrected chi connectivity index (χ0v) is 12.2. The number of rotatable bonds is 2. The van der Waals surface area contributed by atoms with E-state index < -0.39 is 0 Å². The van der Waals surface area contributed by atoms with Crippen molar-refractivity contribution in [3.05, 3.63) is 35.4 Å². The molecule has 2 heteroatoms.